The van der Waals surface area contributed by atoms with Crippen LogP contribution >= 0.6 is 0 Å². The first-order valence-corrected chi connectivity index (χ1v) is 8.14. The average Bonchev–Trinajstić information content (AvgIpc) is 2.92. The maximum Gasteiger partial charge on any atom is 0.408 e. The highest BCUT2D eigenvalue weighted by Crippen LogP contribution is 2.22. The summed E-state index contributed by atoms with van der Waals surface area (Å²) in [6.45, 7) is 1.39. The molecule has 1 N–H and O–H groups in total. The Bertz CT molecular complexity index is 861. The molecule has 0 bridgehead atoms. The monoisotopic (exact) mass is 368 g/mol. The largest absolute Gasteiger partial charge is 0.445 e. The van der Waals surface area contributed by atoms with Gasteiger partial charge in [-0.25, -0.2) is 9.59 Å². The fourth-order valence-corrected chi connectivity index (χ4v) is 2.42. The van der Waals surface area contributed by atoms with Gasteiger partial charge in [0.25, 0.3) is 11.8 Å². The molecule has 2 aromatic carbocycles. The molecule has 1 atom stereocenters. The number of amides is 3. The van der Waals surface area contributed by atoms with Gasteiger partial charge < -0.3 is 14.9 Å². The van der Waals surface area contributed by atoms with E-state index in [-0.39, 0.29) is 17.7 Å². The van der Waals surface area contributed by atoms with Crippen molar-refractivity contribution in [1.82, 2.24) is 10.4 Å². The Morgan fingerprint density at radius 1 is 0.963 bits per heavy atom. The predicted octanol–water partition coefficient (Wildman–Crippen LogP) is 2.06. The van der Waals surface area contributed by atoms with Gasteiger partial charge in [0.15, 0.2) is 0 Å². The van der Waals surface area contributed by atoms with E-state index in [1.807, 2.05) is 6.07 Å². The van der Waals surface area contributed by atoms with Crippen LogP contribution in [-0.4, -0.2) is 35.0 Å². The number of carbonyl (C=O) groups is 4. The van der Waals surface area contributed by atoms with Crippen LogP contribution in [0.1, 0.15) is 33.2 Å². The topological polar surface area (TPSA) is 102 Å². The van der Waals surface area contributed by atoms with E-state index in [9.17, 15) is 19.2 Å². The summed E-state index contributed by atoms with van der Waals surface area (Å²) in [6.07, 6.45) is -0.828. The van der Waals surface area contributed by atoms with E-state index in [2.05, 4.69) is 5.32 Å². The summed E-state index contributed by atoms with van der Waals surface area (Å²) >= 11 is 0. The van der Waals surface area contributed by atoms with Gasteiger partial charge in [-0.3, -0.25) is 9.59 Å². The summed E-state index contributed by atoms with van der Waals surface area (Å²) in [5, 5.41) is 2.68. The number of hydrogen-bond donors (Lipinski definition) is 1. The number of alkyl carbamates (subject to hydrolysis) is 1. The van der Waals surface area contributed by atoms with Crippen molar-refractivity contribution in [3.05, 3.63) is 71.3 Å². The predicted molar refractivity (Wildman–Crippen MR) is 92.3 cm³/mol. The third-order valence-corrected chi connectivity index (χ3v) is 3.84. The number of imide groups is 1. The minimum Gasteiger partial charge on any atom is -0.445 e. The highest BCUT2D eigenvalue weighted by atomic mass is 16.7. The number of rotatable bonds is 5. The smallest absolute Gasteiger partial charge is 0.408 e. The lowest BCUT2D eigenvalue weighted by Gasteiger charge is -2.17. The van der Waals surface area contributed by atoms with Crippen molar-refractivity contribution in [1.29, 1.82) is 0 Å². The molecule has 1 aliphatic heterocycles. The Labute approximate surface area is 154 Å². The van der Waals surface area contributed by atoms with Gasteiger partial charge in [0.1, 0.15) is 12.6 Å². The van der Waals surface area contributed by atoms with Crippen molar-refractivity contribution in [3.63, 3.8) is 0 Å². The lowest BCUT2D eigenvalue weighted by molar-refractivity contribution is -0.170. The molecule has 27 heavy (non-hydrogen) atoms. The Kier molecular flexibility index (Phi) is 5.16. The van der Waals surface area contributed by atoms with Crippen LogP contribution in [0.2, 0.25) is 0 Å². The van der Waals surface area contributed by atoms with Crippen LogP contribution < -0.4 is 5.32 Å². The van der Waals surface area contributed by atoms with Gasteiger partial charge in [0.2, 0.25) is 0 Å². The number of ether oxygens (including phenoxy) is 1. The molecule has 0 unspecified atom stereocenters. The molecule has 0 radical (unpaired) electrons. The van der Waals surface area contributed by atoms with Gasteiger partial charge in [-0.15, -0.1) is 0 Å². The number of hydroxylamine groups is 2. The molecule has 138 valence electrons. The van der Waals surface area contributed by atoms with Crippen molar-refractivity contribution >= 4 is 23.9 Å². The minimum absolute atomic E-state index is 0.0346. The van der Waals surface area contributed by atoms with Crippen LogP contribution in [0, 0.1) is 0 Å². The molecular weight excluding hydrogens is 352 g/mol. The van der Waals surface area contributed by atoms with Gasteiger partial charge in [-0.1, -0.05) is 47.5 Å². The molecule has 1 aliphatic rings. The Morgan fingerprint density at radius 3 is 2.11 bits per heavy atom. The maximum atomic E-state index is 12.2. The summed E-state index contributed by atoms with van der Waals surface area (Å²) in [5.74, 6) is -2.44. The first-order valence-electron chi connectivity index (χ1n) is 8.14. The third kappa shape index (κ3) is 3.95. The van der Waals surface area contributed by atoms with E-state index >= 15 is 0 Å². The standard InChI is InChI=1S/C19H16N2O6/c1-12(20-19(25)26-11-13-7-3-2-4-8-13)18(24)27-21-16(22)14-9-5-6-10-15(14)17(21)23/h2-10,12H,11H2,1H3,(H,20,25)/t12-/m0/s1. The molecule has 0 spiro atoms. The molecule has 1 heterocycles. The highest BCUT2D eigenvalue weighted by molar-refractivity contribution is 6.20. The molecule has 3 rings (SSSR count). The summed E-state index contributed by atoms with van der Waals surface area (Å²) in [5.41, 5.74) is 1.09. The molecule has 0 aromatic heterocycles. The Balaban J connectivity index is 1.53. The Morgan fingerprint density at radius 2 is 1.52 bits per heavy atom. The van der Waals surface area contributed by atoms with Crippen LogP contribution in [0.4, 0.5) is 4.79 Å². The van der Waals surface area contributed by atoms with E-state index in [1.54, 1.807) is 36.4 Å². The molecule has 0 saturated heterocycles. The molecule has 8 nitrogen and oxygen atoms in total. The van der Waals surface area contributed by atoms with Gasteiger partial charge >= 0.3 is 12.1 Å². The summed E-state index contributed by atoms with van der Waals surface area (Å²) in [7, 11) is 0. The van der Waals surface area contributed by atoms with E-state index in [4.69, 9.17) is 9.57 Å². The van der Waals surface area contributed by atoms with E-state index in [1.165, 1.54) is 19.1 Å². The molecular formula is C19H16N2O6. The maximum absolute atomic E-state index is 12.2. The number of hydrogen-bond acceptors (Lipinski definition) is 6. The molecule has 3 amide bonds. The van der Waals surface area contributed by atoms with Crippen molar-refractivity contribution in [2.75, 3.05) is 0 Å². The van der Waals surface area contributed by atoms with Gasteiger partial charge in [0, 0.05) is 0 Å². The minimum atomic E-state index is -1.13. The number of benzene rings is 2. The van der Waals surface area contributed by atoms with Crippen LogP contribution in [-0.2, 0) is 21.0 Å². The average molecular weight is 368 g/mol. The summed E-state index contributed by atoms with van der Waals surface area (Å²) in [4.78, 5) is 53.1. The second-order valence-corrected chi connectivity index (χ2v) is 5.79. The quantitative estimate of drug-likeness (QED) is 0.811. The first-order chi connectivity index (χ1) is 13.0. The van der Waals surface area contributed by atoms with Gasteiger partial charge in [0.05, 0.1) is 11.1 Å². The molecule has 2 aromatic rings. The summed E-state index contributed by atoms with van der Waals surface area (Å²) < 4.78 is 5.01. The zero-order chi connectivity index (χ0) is 19.4. The van der Waals surface area contributed by atoms with Crippen molar-refractivity contribution in [2.24, 2.45) is 0 Å². The number of fused-ring (bicyclic) bond motifs is 1. The lowest BCUT2D eigenvalue weighted by atomic mass is 10.1. The van der Waals surface area contributed by atoms with Crippen LogP contribution in [0.5, 0.6) is 0 Å². The van der Waals surface area contributed by atoms with Gasteiger partial charge in [-0.2, -0.15) is 0 Å². The zero-order valence-electron chi connectivity index (χ0n) is 14.4. The third-order valence-electron chi connectivity index (χ3n) is 3.84. The van der Waals surface area contributed by atoms with Crippen LogP contribution in [0.15, 0.2) is 54.6 Å². The highest BCUT2D eigenvalue weighted by Gasteiger charge is 2.39. The fourth-order valence-electron chi connectivity index (χ4n) is 2.42. The molecule has 0 aliphatic carbocycles. The second-order valence-electron chi connectivity index (χ2n) is 5.79. The fraction of sp³-hybridized carbons (Fsp3) is 0.158. The zero-order valence-corrected chi connectivity index (χ0v) is 14.4. The summed E-state index contributed by atoms with van der Waals surface area (Å²) in [6, 6.07) is 14.0. The Hall–Kier alpha value is -3.68. The van der Waals surface area contributed by atoms with Crippen LogP contribution in [0.25, 0.3) is 0 Å². The molecule has 0 saturated carbocycles. The van der Waals surface area contributed by atoms with E-state index < -0.39 is 29.9 Å². The molecule has 8 heteroatoms. The lowest BCUT2D eigenvalue weighted by Crippen LogP contribution is -2.44. The second kappa shape index (κ2) is 7.69. The van der Waals surface area contributed by atoms with Crippen LogP contribution in [0.3, 0.4) is 0 Å². The van der Waals surface area contributed by atoms with E-state index in [0.29, 0.717) is 5.06 Å². The molecule has 0 fully saturated rings. The van der Waals surface area contributed by atoms with Crippen molar-refractivity contribution < 1.29 is 28.8 Å². The van der Waals surface area contributed by atoms with Crippen molar-refractivity contribution in [3.8, 4) is 0 Å². The first kappa shape index (κ1) is 18.1. The number of carbonyl (C=O) groups excluding carboxylic acids is 4. The van der Waals surface area contributed by atoms with E-state index in [0.717, 1.165) is 5.56 Å². The van der Waals surface area contributed by atoms with Crippen molar-refractivity contribution in [2.45, 2.75) is 19.6 Å². The number of nitrogens with one attached hydrogen (secondary N) is 1. The van der Waals surface area contributed by atoms with Gasteiger partial charge in [-0.05, 0) is 24.6 Å². The normalized spacial score (nSPS) is 13.7. The SMILES string of the molecule is C[C@H](NC(=O)OCc1ccccc1)C(=O)ON1C(=O)c2ccccc2C1=O. The number of nitrogens with zero attached hydrogens (tertiary/aromatic N) is 1.